The summed E-state index contributed by atoms with van der Waals surface area (Å²) >= 11 is 0. The highest BCUT2D eigenvalue weighted by atomic mass is 32.3. The van der Waals surface area contributed by atoms with E-state index in [-0.39, 0.29) is 16.9 Å². The van der Waals surface area contributed by atoms with Crippen molar-refractivity contribution in [2.75, 3.05) is 0 Å². The van der Waals surface area contributed by atoms with Crippen molar-refractivity contribution in [3.63, 3.8) is 0 Å². The van der Waals surface area contributed by atoms with E-state index in [4.69, 9.17) is 14.0 Å². The molecular weight excluding hydrogens is 390 g/mol. The van der Waals surface area contributed by atoms with E-state index in [2.05, 4.69) is 4.18 Å². The first-order valence-corrected chi connectivity index (χ1v) is 10.1. The van der Waals surface area contributed by atoms with Crippen molar-refractivity contribution in [1.29, 1.82) is 0 Å². The van der Waals surface area contributed by atoms with Gasteiger partial charge in [-0.15, -0.1) is 0 Å². The van der Waals surface area contributed by atoms with Crippen molar-refractivity contribution in [1.82, 2.24) is 0 Å². The summed E-state index contributed by atoms with van der Waals surface area (Å²) in [6, 6.07) is 2.60. The Morgan fingerprint density at radius 1 is 1.11 bits per heavy atom. The van der Waals surface area contributed by atoms with Gasteiger partial charge in [0.25, 0.3) is 0 Å². The van der Waals surface area contributed by atoms with E-state index in [0.717, 1.165) is 6.07 Å². The summed E-state index contributed by atoms with van der Waals surface area (Å²) in [6.45, 7) is 14.0. The number of halogens is 1. The van der Waals surface area contributed by atoms with Crippen LogP contribution in [0.4, 0.5) is 3.89 Å². The second kappa shape index (κ2) is 7.00. The van der Waals surface area contributed by atoms with E-state index in [0.29, 0.717) is 5.46 Å². The molecule has 28 heavy (non-hydrogen) atoms. The molecule has 0 N–H and O–H groups in total. The van der Waals surface area contributed by atoms with Crippen LogP contribution in [0.15, 0.2) is 12.1 Å². The van der Waals surface area contributed by atoms with Gasteiger partial charge in [-0.1, -0.05) is 3.89 Å². The van der Waals surface area contributed by atoms with E-state index in [9.17, 15) is 17.1 Å². The van der Waals surface area contributed by atoms with Gasteiger partial charge < -0.3 is 18.2 Å². The third-order valence-electron chi connectivity index (χ3n) is 4.73. The minimum absolute atomic E-state index is 0.0103. The lowest BCUT2D eigenvalue weighted by atomic mass is 9.75. The predicted octanol–water partition coefficient (Wildman–Crippen LogP) is 2.84. The number of carbonyl (C=O) groups excluding carboxylic acids is 1. The average Bonchev–Trinajstić information content (AvgIpc) is 2.66. The van der Waals surface area contributed by atoms with Gasteiger partial charge in [0, 0.05) is 0 Å². The van der Waals surface area contributed by atoms with Crippen molar-refractivity contribution in [3.05, 3.63) is 23.3 Å². The fraction of sp³-hybridized carbons (Fsp3) is 0.611. The third-order valence-corrected chi connectivity index (χ3v) is 5.11. The first-order chi connectivity index (χ1) is 12.4. The van der Waals surface area contributed by atoms with Gasteiger partial charge in [0.1, 0.15) is 11.4 Å². The molecule has 0 amide bonds. The molecule has 1 aliphatic rings. The average molecular weight is 416 g/mol. The van der Waals surface area contributed by atoms with Crippen LogP contribution < -0.4 is 9.65 Å². The molecule has 7 nitrogen and oxygen atoms in total. The fourth-order valence-electron chi connectivity index (χ4n) is 2.57. The second-order valence-electron chi connectivity index (χ2n) is 8.76. The maximum atomic E-state index is 13.2. The molecule has 0 bridgehead atoms. The van der Waals surface area contributed by atoms with Crippen molar-refractivity contribution in [2.24, 2.45) is 0 Å². The normalized spacial score (nSPS) is 18.8. The zero-order chi connectivity index (χ0) is 21.7. The van der Waals surface area contributed by atoms with E-state index in [1.165, 1.54) is 13.0 Å². The number of hydrogen-bond donors (Lipinski definition) is 0. The molecule has 2 rings (SSSR count). The summed E-state index contributed by atoms with van der Waals surface area (Å²) in [6.07, 6.45) is 0. The molecule has 0 aliphatic carbocycles. The van der Waals surface area contributed by atoms with Crippen LogP contribution >= 0.6 is 0 Å². The van der Waals surface area contributed by atoms with Gasteiger partial charge in [0.2, 0.25) is 0 Å². The number of hydrogen-bond acceptors (Lipinski definition) is 7. The summed E-state index contributed by atoms with van der Waals surface area (Å²) < 4.78 is 57.0. The molecule has 1 fully saturated rings. The smallest absolute Gasteiger partial charge is 0.456 e. The molecule has 1 aromatic carbocycles. The van der Waals surface area contributed by atoms with Crippen LogP contribution in [0.25, 0.3) is 0 Å². The van der Waals surface area contributed by atoms with Crippen molar-refractivity contribution in [2.45, 2.75) is 72.2 Å². The molecule has 1 aromatic rings. The van der Waals surface area contributed by atoms with Gasteiger partial charge in [0.05, 0.1) is 16.8 Å². The van der Waals surface area contributed by atoms with Gasteiger partial charge in [-0.05, 0) is 78.5 Å². The zero-order valence-corrected chi connectivity index (χ0v) is 18.2. The van der Waals surface area contributed by atoms with E-state index >= 15 is 0 Å². The maximum Gasteiger partial charge on any atom is 0.495 e. The Kier molecular flexibility index (Phi) is 5.66. The summed E-state index contributed by atoms with van der Waals surface area (Å²) in [7, 11) is -6.20. The summed E-state index contributed by atoms with van der Waals surface area (Å²) in [5.41, 5.74) is -1.51. The minimum Gasteiger partial charge on any atom is -0.456 e. The molecule has 0 radical (unpaired) electrons. The summed E-state index contributed by atoms with van der Waals surface area (Å²) in [5.74, 6) is -1.05. The molecule has 156 valence electrons. The van der Waals surface area contributed by atoms with Crippen LogP contribution in [0.5, 0.6) is 5.75 Å². The largest absolute Gasteiger partial charge is 0.495 e. The fourth-order valence-corrected chi connectivity index (χ4v) is 2.96. The Hall–Kier alpha value is -1.65. The summed E-state index contributed by atoms with van der Waals surface area (Å²) in [4.78, 5) is 12.5. The Morgan fingerprint density at radius 2 is 1.61 bits per heavy atom. The molecule has 0 saturated carbocycles. The standard InChI is InChI=1S/C18H26BFO7S/c1-11-13(19-26-17(5,6)18(7,8)27-19)9-12(15(21)24-16(2,3)4)10-14(11)25-28(20,22)23/h9-10H,1-8H3. The minimum atomic E-state index is -5.30. The highest BCUT2D eigenvalue weighted by Gasteiger charge is 2.52. The number of carbonyl (C=O) groups is 1. The molecule has 0 aromatic heterocycles. The number of rotatable bonds is 4. The molecule has 0 atom stereocenters. The SMILES string of the molecule is Cc1c(OS(=O)(=O)F)cc(C(=O)OC(C)(C)C)cc1B1OC(C)(C)C(C)(C)O1. The Bertz CT molecular complexity index is 872. The van der Waals surface area contributed by atoms with Crippen LogP contribution in [0.1, 0.15) is 64.4 Å². The van der Waals surface area contributed by atoms with Gasteiger partial charge in [-0.3, -0.25) is 0 Å². The Labute approximate surface area is 166 Å². The monoisotopic (exact) mass is 416 g/mol. The lowest BCUT2D eigenvalue weighted by Crippen LogP contribution is -2.41. The molecule has 0 spiro atoms. The van der Waals surface area contributed by atoms with E-state index in [1.54, 1.807) is 20.8 Å². The molecule has 10 heteroatoms. The van der Waals surface area contributed by atoms with Crippen LogP contribution in [-0.4, -0.2) is 38.3 Å². The Balaban J connectivity index is 2.57. The summed E-state index contributed by atoms with van der Waals surface area (Å²) in [5, 5.41) is 0. The molecule has 0 unspecified atom stereocenters. The lowest BCUT2D eigenvalue weighted by molar-refractivity contribution is 0.00578. The van der Waals surface area contributed by atoms with Gasteiger partial charge in [-0.2, -0.15) is 8.42 Å². The van der Waals surface area contributed by atoms with E-state index < -0.39 is 40.4 Å². The van der Waals surface area contributed by atoms with E-state index in [1.807, 2.05) is 27.7 Å². The van der Waals surface area contributed by atoms with Crippen LogP contribution in [-0.2, 0) is 24.5 Å². The quantitative estimate of drug-likeness (QED) is 0.424. The number of ether oxygens (including phenoxy) is 1. The van der Waals surface area contributed by atoms with Gasteiger partial charge in [0.15, 0.2) is 0 Å². The van der Waals surface area contributed by atoms with Crippen molar-refractivity contribution in [3.8, 4) is 5.75 Å². The second-order valence-corrected chi connectivity index (χ2v) is 9.71. The van der Waals surface area contributed by atoms with Crippen molar-refractivity contribution < 1.29 is 35.3 Å². The third kappa shape index (κ3) is 5.04. The van der Waals surface area contributed by atoms with Crippen LogP contribution in [0.3, 0.4) is 0 Å². The predicted molar refractivity (Wildman–Crippen MR) is 103 cm³/mol. The highest BCUT2D eigenvalue weighted by molar-refractivity contribution is 7.81. The zero-order valence-electron chi connectivity index (χ0n) is 17.4. The molecule has 1 aliphatic heterocycles. The van der Waals surface area contributed by atoms with Crippen molar-refractivity contribution >= 4 is 29.1 Å². The topological polar surface area (TPSA) is 88.1 Å². The maximum absolute atomic E-state index is 13.2. The number of esters is 1. The number of benzene rings is 1. The first-order valence-electron chi connectivity index (χ1n) is 8.79. The van der Waals surface area contributed by atoms with Gasteiger partial charge >= 0.3 is 23.6 Å². The first kappa shape index (κ1) is 22.6. The molecule has 1 saturated heterocycles. The lowest BCUT2D eigenvalue weighted by Gasteiger charge is -2.32. The molecular formula is C18H26BFO7S. The highest BCUT2D eigenvalue weighted by Crippen LogP contribution is 2.37. The van der Waals surface area contributed by atoms with Crippen LogP contribution in [0.2, 0.25) is 0 Å². The van der Waals surface area contributed by atoms with Gasteiger partial charge in [-0.25, -0.2) is 4.79 Å². The van der Waals surface area contributed by atoms with Crippen LogP contribution in [0, 0.1) is 6.92 Å². The molecule has 1 heterocycles. The Morgan fingerprint density at radius 3 is 2.04 bits per heavy atom.